The Morgan fingerprint density at radius 1 is 1.26 bits per heavy atom. The first-order valence-corrected chi connectivity index (χ1v) is 16.2. The monoisotopic (exact) mass is 656 g/mol. The number of ether oxygens (including phenoxy) is 3. The van der Waals surface area contributed by atoms with Gasteiger partial charge in [-0.2, -0.15) is 15.1 Å². The molecule has 1 N–H and O–H groups in total. The zero-order chi connectivity index (χ0) is 32.8. The van der Waals surface area contributed by atoms with E-state index < -0.39 is 0 Å². The smallest absolute Gasteiger partial charge is 0.319 e. The lowest BCUT2D eigenvalue weighted by atomic mass is 9.90. The molecule has 2 fully saturated rings. The molecule has 0 unspecified atom stereocenters. The Bertz CT molecular complexity index is 1920. The van der Waals surface area contributed by atoms with Gasteiger partial charge in [-0.1, -0.05) is 18.2 Å². The summed E-state index contributed by atoms with van der Waals surface area (Å²) >= 11 is 7.07. The van der Waals surface area contributed by atoms with Crippen molar-refractivity contribution in [3.63, 3.8) is 0 Å². The maximum atomic E-state index is 12.7. The van der Waals surface area contributed by atoms with Crippen LogP contribution < -0.4 is 14.4 Å². The molecule has 2 aromatic carbocycles. The largest absolute Gasteiger partial charge is 0.492 e. The number of piperazine rings is 1. The number of anilines is 1. The second kappa shape index (κ2) is 12.6. The minimum Gasteiger partial charge on any atom is -0.492 e. The molecule has 0 spiro atoms. The number of carbonyl (C=O) groups is 1. The maximum absolute atomic E-state index is 12.7. The molecule has 3 atom stereocenters. The highest BCUT2D eigenvalue weighted by Gasteiger charge is 2.37. The molecule has 13 heteroatoms. The SMILES string of the molecule is [C-]#[N+]C[C@H]1CN(c2nc(O[C@H]3CN(C)C[C@@H]3OC)nc3cc(-c4c(Cl)c(C)cc5[nH]ncc45)c4c(c23)OCCC4)CCN1C(=O)C=C. The fraction of sp³-hybridized carbons (Fsp3) is 0.441. The third-order valence-corrected chi connectivity index (χ3v) is 9.94. The predicted octanol–water partition coefficient (Wildman–Crippen LogP) is 4.29. The third kappa shape index (κ3) is 5.52. The van der Waals surface area contributed by atoms with E-state index in [0.717, 1.165) is 63.7 Å². The Morgan fingerprint density at radius 2 is 2.09 bits per heavy atom. The van der Waals surface area contributed by atoms with E-state index in [1.807, 2.05) is 20.0 Å². The van der Waals surface area contributed by atoms with Crippen molar-refractivity contribution in [2.45, 2.75) is 38.0 Å². The van der Waals surface area contributed by atoms with Crippen LogP contribution in [0.1, 0.15) is 17.5 Å². The fourth-order valence-electron chi connectivity index (χ4n) is 7.18. The molecule has 2 saturated heterocycles. The number of nitrogens with one attached hydrogen (secondary N) is 1. The van der Waals surface area contributed by atoms with Gasteiger partial charge in [-0.05, 0) is 56.1 Å². The molecular formula is C34H37ClN8O4. The van der Waals surface area contributed by atoms with Crippen molar-refractivity contribution < 1.29 is 19.0 Å². The van der Waals surface area contributed by atoms with E-state index in [1.165, 1.54) is 6.08 Å². The molecule has 3 aliphatic rings. The van der Waals surface area contributed by atoms with E-state index in [1.54, 1.807) is 18.2 Å². The molecule has 0 saturated carbocycles. The second-order valence-corrected chi connectivity index (χ2v) is 12.8. The van der Waals surface area contributed by atoms with Crippen molar-refractivity contribution in [3.8, 4) is 22.9 Å². The minimum atomic E-state index is -0.334. The zero-order valence-electron chi connectivity index (χ0n) is 26.8. The Morgan fingerprint density at radius 3 is 2.87 bits per heavy atom. The number of benzene rings is 2. The van der Waals surface area contributed by atoms with Crippen LogP contribution in [0.25, 0.3) is 37.8 Å². The van der Waals surface area contributed by atoms with Gasteiger partial charge in [-0.15, -0.1) is 0 Å². The number of H-pyrrole nitrogens is 1. The van der Waals surface area contributed by atoms with Gasteiger partial charge < -0.3 is 28.9 Å². The van der Waals surface area contributed by atoms with Crippen LogP contribution in [0.4, 0.5) is 5.82 Å². The van der Waals surface area contributed by atoms with Crippen LogP contribution in [-0.2, 0) is 16.0 Å². The van der Waals surface area contributed by atoms with Gasteiger partial charge in [-0.25, -0.2) is 6.57 Å². The summed E-state index contributed by atoms with van der Waals surface area (Å²) in [7, 11) is 3.72. The average molecular weight is 657 g/mol. The third-order valence-electron chi connectivity index (χ3n) is 9.46. The molecule has 12 nitrogen and oxygen atoms in total. The average Bonchev–Trinajstić information content (AvgIpc) is 3.69. The van der Waals surface area contributed by atoms with E-state index in [9.17, 15) is 4.79 Å². The lowest BCUT2D eigenvalue weighted by molar-refractivity contribution is -0.128. The molecule has 5 heterocycles. The van der Waals surface area contributed by atoms with Gasteiger partial charge >= 0.3 is 6.01 Å². The lowest BCUT2D eigenvalue weighted by Crippen LogP contribution is -2.56. The van der Waals surface area contributed by atoms with Gasteiger partial charge in [-0.3, -0.25) is 14.8 Å². The number of hydrogen-bond acceptors (Lipinski definition) is 9. The highest BCUT2D eigenvalue weighted by molar-refractivity contribution is 6.36. The van der Waals surface area contributed by atoms with Crippen LogP contribution in [0.3, 0.4) is 0 Å². The molecule has 0 bridgehead atoms. The predicted molar refractivity (Wildman–Crippen MR) is 180 cm³/mol. The van der Waals surface area contributed by atoms with Gasteiger partial charge in [0.1, 0.15) is 29.8 Å². The Balaban J connectivity index is 1.44. The minimum absolute atomic E-state index is 0.137. The highest BCUT2D eigenvalue weighted by atomic mass is 35.5. The number of carbonyl (C=O) groups excluding carboxylic acids is 1. The van der Waals surface area contributed by atoms with Gasteiger partial charge in [0.05, 0.1) is 34.2 Å². The second-order valence-electron chi connectivity index (χ2n) is 12.4. The zero-order valence-corrected chi connectivity index (χ0v) is 27.5. The van der Waals surface area contributed by atoms with Crippen molar-refractivity contribution in [1.29, 1.82) is 0 Å². The standard InChI is InChI=1S/C34H37ClN8O4/c1-6-28(44)43-10-9-42(16-20(43)14-36-3)33-30-25(38-34(39-33)47-27-18-41(4)17-26(27)45-5)13-22(21-8-7-11-46-32(21)30)29-23-15-37-40-24(23)12-19(2)31(29)35/h6,12-13,15,20,26-27H,1,7-11,14,16-18H2,2,4-5H3,(H,37,40)/t20-,26-,27-/m0/s1. The Hall–Kier alpha value is -4.44. The van der Waals surface area contributed by atoms with Gasteiger partial charge in [0, 0.05) is 56.3 Å². The van der Waals surface area contributed by atoms with Crippen LogP contribution in [0, 0.1) is 13.5 Å². The number of rotatable bonds is 7. The molecule has 0 radical (unpaired) electrons. The quantitative estimate of drug-likeness (QED) is 0.230. The number of hydrogen-bond donors (Lipinski definition) is 1. The summed E-state index contributed by atoms with van der Waals surface area (Å²) < 4.78 is 18.8. The molecule has 2 aromatic heterocycles. The number of likely N-dealkylation sites (tertiary alicyclic amines) is 1. The molecule has 47 heavy (non-hydrogen) atoms. The first-order valence-electron chi connectivity index (χ1n) is 15.8. The van der Waals surface area contributed by atoms with E-state index in [-0.39, 0.29) is 36.7 Å². The van der Waals surface area contributed by atoms with Crippen molar-refractivity contribution >= 4 is 45.1 Å². The number of likely N-dealkylation sites (N-methyl/N-ethyl adjacent to an activating group) is 1. The van der Waals surface area contributed by atoms with Crippen LogP contribution >= 0.6 is 11.6 Å². The summed E-state index contributed by atoms with van der Waals surface area (Å²) in [6.07, 6.45) is 4.35. The van der Waals surface area contributed by atoms with Crippen LogP contribution in [0.5, 0.6) is 11.8 Å². The number of amides is 1. The number of halogens is 1. The number of aromatic nitrogens is 4. The first kappa shape index (κ1) is 31.2. The molecule has 3 aliphatic heterocycles. The van der Waals surface area contributed by atoms with Gasteiger partial charge in [0.15, 0.2) is 0 Å². The van der Waals surface area contributed by atoms with Crippen LogP contribution in [0.15, 0.2) is 31.0 Å². The highest BCUT2D eigenvalue weighted by Crippen LogP contribution is 2.48. The molecule has 7 rings (SSSR count). The van der Waals surface area contributed by atoms with Crippen molar-refractivity contribution in [3.05, 3.63) is 58.6 Å². The normalized spacial score (nSPS) is 21.5. The summed E-state index contributed by atoms with van der Waals surface area (Å²) in [5, 5.41) is 9.76. The number of aryl methyl sites for hydroxylation is 1. The van der Waals surface area contributed by atoms with E-state index in [4.69, 9.17) is 42.4 Å². The first-order chi connectivity index (χ1) is 22.8. The summed E-state index contributed by atoms with van der Waals surface area (Å²) in [5.41, 5.74) is 5.34. The van der Waals surface area contributed by atoms with Crippen LogP contribution in [-0.4, -0.2) is 114 Å². The van der Waals surface area contributed by atoms with Gasteiger partial charge in [0.25, 0.3) is 0 Å². The molecule has 1 amide bonds. The lowest BCUT2D eigenvalue weighted by Gasteiger charge is -2.40. The van der Waals surface area contributed by atoms with E-state index >= 15 is 0 Å². The summed E-state index contributed by atoms with van der Waals surface area (Å²) in [5.74, 6) is 1.19. The number of fused-ring (bicyclic) bond motifs is 4. The van der Waals surface area contributed by atoms with Gasteiger partial charge in [0.2, 0.25) is 12.5 Å². The van der Waals surface area contributed by atoms with E-state index in [0.29, 0.717) is 49.1 Å². The Kier molecular flexibility index (Phi) is 8.38. The van der Waals surface area contributed by atoms with Crippen molar-refractivity contribution in [1.82, 2.24) is 30.0 Å². The fourth-order valence-corrected chi connectivity index (χ4v) is 7.44. The molecule has 4 aromatic rings. The topological polar surface area (TPSA) is 113 Å². The molecule has 0 aliphatic carbocycles. The number of nitrogens with zero attached hydrogens (tertiary/aromatic N) is 7. The van der Waals surface area contributed by atoms with Crippen molar-refractivity contribution in [2.24, 2.45) is 0 Å². The van der Waals surface area contributed by atoms with Crippen LogP contribution in [0.2, 0.25) is 5.02 Å². The summed E-state index contributed by atoms with van der Waals surface area (Å²) in [4.78, 5) is 32.4. The van der Waals surface area contributed by atoms with Crippen molar-refractivity contribution in [2.75, 3.05) is 64.9 Å². The number of aromatic amines is 1. The maximum Gasteiger partial charge on any atom is 0.319 e. The summed E-state index contributed by atoms with van der Waals surface area (Å²) in [6.45, 7) is 16.7. The molecule has 244 valence electrons. The molecular weight excluding hydrogens is 620 g/mol. The van der Waals surface area contributed by atoms with E-state index in [2.05, 4.69) is 37.5 Å². The Labute approximate surface area is 278 Å². The number of methoxy groups -OCH3 is 1. The summed E-state index contributed by atoms with van der Waals surface area (Å²) in [6, 6.07) is 3.97.